The van der Waals surface area contributed by atoms with Gasteiger partial charge in [0.1, 0.15) is 11.9 Å². The summed E-state index contributed by atoms with van der Waals surface area (Å²) in [6.07, 6.45) is -0.121. The Morgan fingerprint density at radius 3 is 2.80 bits per heavy atom. The molecule has 152 valence electrons. The van der Waals surface area contributed by atoms with Crippen LogP contribution in [0, 0.1) is 0 Å². The topological polar surface area (TPSA) is 88.1 Å². The third-order valence-electron chi connectivity index (χ3n) is 4.90. The highest BCUT2D eigenvalue weighted by atomic mass is 35.5. The van der Waals surface area contributed by atoms with Crippen LogP contribution in [0.5, 0.6) is 5.75 Å². The second-order valence-corrected chi connectivity index (χ2v) is 7.18. The molecular weight excluding hydrogens is 406 g/mol. The van der Waals surface area contributed by atoms with Crippen molar-refractivity contribution in [3.05, 3.63) is 64.8 Å². The molecule has 1 aliphatic heterocycles. The zero-order valence-corrected chi connectivity index (χ0v) is 16.9. The molecule has 0 fully saturated rings. The Kier molecular flexibility index (Phi) is 4.94. The standard InChI is InChI=1S/C21H18ClN5O3/c1-2-28-14-9-7-13(8-10-14)18-11-27-17(12-29-18)19(24-26-27)21-23-20(25-30-21)15-5-3-4-6-16(15)22/h3-10,18H,2,11-12H2,1H3/t18-/m0/s1. The molecule has 8 nitrogen and oxygen atoms in total. The molecule has 4 aromatic rings. The molecule has 0 amide bonds. The van der Waals surface area contributed by atoms with E-state index in [9.17, 15) is 0 Å². The fourth-order valence-corrected chi connectivity index (χ4v) is 3.62. The highest BCUT2D eigenvalue weighted by molar-refractivity contribution is 6.33. The number of halogens is 1. The van der Waals surface area contributed by atoms with Gasteiger partial charge in [-0.05, 0) is 36.8 Å². The van der Waals surface area contributed by atoms with Gasteiger partial charge in [0.2, 0.25) is 5.82 Å². The van der Waals surface area contributed by atoms with Crippen LogP contribution < -0.4 is 4.74 Å². The molecule has 30 heavy (non-hydrogen) atoms. The maximum Gasteiger partial charge on any atom is 0.280 e. The number of fused-ring (bicyclic) bond motifs is 1. The largest absolute Gasteiger partial charge is 0.494 e. The number of hydrogen-bond donors (Lipinski definition) is 0. The molecule has 0 radical (unpaired) electrons. The van der Waals surface area contributed by atoms with Crippen molar-refractivity contribution in [2.24, 2.45) is 0 Å². The number of aromatic nitrogens is 5. The predicted octanol–water partition coefficient (Wildman–Crippen LogP) is 4.32. The summed E-state index contributed by atoms with van der Waals surface area (Å²) in [5, 5.41) is 13.1. The first-order valence-corrected chi connectivity index (χ1v) is 9.96. The molecule has 1 atom stereocenters. The number of ether oxygens (including phenoxy) is 2. The summed E-state index contributed by atoms with van der Waals surface area (Å²) in [6, 6.07) is 15.2. The minimum Gasteiger partial charge on any atom is -0.494 e. The number of hydrogen-bond acceptors (Lipinski definition) is 7. The van der Waals surface area contributed by atoms with E-state index in [2.05, 4.69) is 20.5 Å². The second-order valence-electron chi connectivity index (χ2n) is 6.77. The molecule has 0 N–H and O–H groups in total. The van der Waals surface area contributed by atoms with Crippen molar-refractivity contribution in [3.63, 3.8) is 0 Å². The van der Waals surface area contributed by atoms with Crippen LogP contribution in [0.25, 0.3) is 23.0 Å². The van der Waals surface area contributed by atoms with Crippen molar-refractivity contribution < 1.29 is 14.0 Å². The predicted molar refractivity (Wildman–Crippen MR) is 109 cm³/mol. The summed E-state index contributed by atoms with van der Waals surface area (Å²) in [6.45, 7) is 3.48. The molecule has 0 bridgehead atoms. The summed E-state index contributed by atoms with van der Waals surface area (Å²) in [5.41, 5.74) is 3.07. The van der Waals surface area contributed by atoms with Crippen LogP contribution in [0.1, 0.15) is 24.3 Å². The number of rotatable bonds is 5. The molecule has 9 heteroatoms. The normalized spacial score (nSPS) is 15.7. The first-order chi connectivity index (χ1) is 14.7. The van der Waals surface area contributed by atoms with Crippen LogP contribution in [0.4, 0.5) is 0 Å². The lowest BCUT2D eigenvalue weighted by atomic mass is 10.1. The van der Waals surface area contributed by atoms with E-state index < -0.39 is 0 Å². The third kappa shape index (κ3) is 3.44. The molecule has 0 saturated carbocycles. The van der Waals surface area contributed by atoms with Crippen LogP contribution in [0.2, 0.25) is 5.02 Å². The Labute approximate surface area is 177 Å². The lowest BCUT2D eigenvalue weighted by Gasteiger charge is -2.24. The second kappa shape index (κ2) is 7.89. The van der Waals surface area contributed by atoms with Crippen molar-refractivity contribution in [2.75, 3.05) is 6.61 Å². The molecule has 1 aliphatic rings. The van der Waals surface area contributed by atoms with Gasteiger partial charge >= 0.3 is 0 Å². The number of benzene rings is 2. The van der Waals surface area contributed by atoms with E-state index in [1.807, 2.05) is 54.1 Å². The molecule has 0 saturated heterocycles. The summed E-state index contributed by atoms with van der Waals surface area (Å²) in [4.78, 5) is 4.45. The fraction of sp³-hybridized carbons (Fsp3) is 0.238. The molecule has 2 aromatic carbocycles. The summed E-state index contributed by atoms with van der Waals surface area (Å²) in [5.74, 6) is 1.53. The van der Waals surface area contributed by atoms with Gasteiger partial charge in [-0.2, -0.15) is 4.98 Å². The van der Waals surface area contributed by atoms with E-state index in [0.717, 1.165) is 17.0 Å². The van der Waals surface area contributed by atoms with Crippen LogP contribution in [0.3, 0.4) is 0 Å². The minimum atomic E-state index is -0.121. The van der Waals surface area contributed by atoms with Gasteiger partial charge in [0, 0.05) is 5.56 Å². The molecule has 2 aromatic heterocycles. The molecular formula is C21H18ClN5O3. The van der Waals surface area contributed by atoms with Gasteiger partial charge in [0.25, 0.3) is 5.89 Å². The van der Waals surface area contributed by atoms with Gasteiger partial charge in [-0.1, -0.05) is 46.2 Å². The molecule has 0 aliphatic carbocycles. The van der Waals surface area contributed by atoms with E-state index in [0.29, 0.717) is 41.9 Å². The average Bonchev–Trinajstić information content (AvgIpc) is 3.41. The lowest BCUT2D eigenvalue weighted by Crippen LogP contribution is -2.22. The monoisotopic (exact) mass is 423 g/mol. The summed E-state index contributed by atoms with van der Waals surface area (Å²) >= 11 is 6.23. The van der Waals surface area contributed by atoms with Crippen molar-refractivity contribution in [1.82, 2.24) is 25.1 Å². The first kappa shape index (κ1) is 18.8. The van der Waals surface area contributed by atoms with E-state index in [1.165, 1.54) is 0 Å². The highest BCUT2D eigenvalue weighted by Gasteiger charge is 2.28. The first-order valence-electron chi connectivity index (χ1n) is 9.58. The molecule has 0 unspecified atom stereocenters. The maximum absolute atomic E-state index is 6.23. The fourth-order valence-electron chi connectivity index (χ4n) is 3.40. The average molecular weight is 424 g/mol. The van der Waals surface area contributed by atoms with Crippen LogP contribution in [-0.2, 0) is 17.9 Å². The van der Waals surface area contributed by atoms with E-state index >= 15 is 0 Å². The van der Waals surface area contributed by atoms with Gasteiger partial charge in [-0.25, -0.2) is 4.68 Å². The molecule has 3 heterocycles. The minimum absolute atomic E-state index is 0.121. The van der Waals surface area contributed by atoms with Crippen LogP contribution >= 0.6 is 11.6 Å². The molecule has 0 spiro atoms. The third-order valence-corrected chi connectivity index (χ3v) is 5.23. The van der Waals surface area contributed by atoms with Crippen molar-refractivity contribution in [2.45, 2.75) is 26.2 Å². The van der Waals surface area contributed by atoms with Gasteiger partial charge in [0.05, 0.1) is 30.5 Å². The van der Waals surface area contributed by atoms with Crippen molar-refractivity contribution in [1.29, 1.82) is 0 Å². The maximum atomic E-state index is 6.23. The zero-order chi connectivity index (χ0) is 20.5. The summed E-state index contributed by atoms with van der Waals surface area (Å²) in [7, 11) is 0. The van der Waals surface area contributed by atoms with Gasteiger partial charge < -0.3 is 14.0 Å². The number of nitrogens with zero attached hydrogens (tertiary/aromatic N) is 5. The van der Waals surface area contributed by atoms with Crippen molar-refractivity contribution >= 4 is 11.6 Å². The van der Waals surface area contributed by atoms with Gasteiger partial charge in [-0.3, -0.25) is 0 Å². The highest BCUT2D eigenvalue weighted by Crippen LogP contribution is 2.32. The van der Waals surface area contributed by atoms with Gasteiger partial charge in [-0.15, -0.1) is 5.10 Å². The van der Waals surface area contributed by atoms with Crippen LogP contribution in [-0.4, -0.2) is 31.7 Å². The Balaban J connectivity index is 1.37. The quantitative estimate of drug-likeness (QED) is 0.472. The van der Waals surface area contributed by atoms with Crippen LogP contribution in [0.15, 0.2) is 53.1 Å². The smallest absolute Gasteiger partial charge is 0.280 e. The lowest BCUT2D eigenvalue weighted by molar-refractivity contribution is -0.00119. The SMILES string of the molecule is CCOc1ccc([C@@H]2Cn3nnc(-c4nc(-c5ccccc5Cl)no4)c3CO2)cc1. The Morgan fingerprint density at radius 2 is 2.00 bits per heavy atom. The van der Waals surface area contributed by atoms with Crippen molar-refractivity contribution in [3.8, 4) is 28.7 Å². The van der Waals surface area contributed by atoms with E-state index in [4.69, 9.17) is 25.6 Å². The Hall–Kier alpha value is -3.23. The molecule has 5 rings (SSSR count). The van der Waals surface area contributed by atoms with Gasteiger partial charge in [0.15, 0.2) is 5.69 Å². The Morgan fingerprint density at radius 1 is 1.17 bits per heavy atom. The Bertz CT molecular complexity index is 1170. The van der Waals surface area contributed by atoms with E-state index in [1.54, 1.807) is 6.07 Å². The zero-order valence-electron chi connectivity index (χ0n) is 16.2. The van der Waals surface area contributed by atoms with E-state index in [-0.39, 0.29) is 12.0 Å². The summed E-state index contributed by atoms with van der Waals surface area (Å²) < 4.78 is 18.8.